The minimum absolute atomic E-state index is 0.0289. The van der Waals surface area contributed by atoms with Gasteiger partial charge >= 0.3 is 0 Å². The van der Waals surface area contributed by atoms with E-state index in [9.17, 15) is 4.79 Å². The lowest BCUT2D eigenvalue weighted by Gasteiger charge is -2.18. The summed E-state index contributed by atoms with van der Waals surface area (Å²) in [5.74, 6) is 0.689. The van der Waals surface area contributed by atoms with Crippen LogP contribution in [0.4, 0.5) is 5.82 Å². The summed E-state index contributed by atoms with van der Waals surface area (Å²) < 4.78 is 1.93. The van der Waals surface area contributed by atoms with Crippen LogP contribution >= 0.6 is 0 Å². The smallest absolute Gasteiger partial charge is 0.230 e. The summed E-state index contributed by atoms with van der Waals surface area (Å²) >= 11 is 0. The van der Waals surface area contributed by atoms with Gasteiger partial charge in [-0.1, -0.05) is 44.0 Å². The summed E-state index contributed by atoms with van der Waals surface area (Å²) in [6.45, 7) is 9.85. The van der Waals surface area contributed by atoms with Crippen LogP contribution in [0.5, 0.6) is 0 Å². The van der Waals surface area contributed by atoms with Crippen molar-refractivity contribution < 1.29 is 4.79 Å². The molecular formula is C20H23N3O. The van der Waals surface area contributed by atoms with Gasteiger partial charge in [0.1, 0.15) is 17.2 Å². The molecule has 3 aromatic rings. The highest BCUT2D eigenvalue weighted by Gasteiger charge is 2.24. The van der Waals surface area contributed by atoms with Crippen LogP contribution in [0.2, 0.25) is 0 Å². The number of nitrogens with one attached hydrogen (secondary N) is 1. The fraction of sp³-hybridized carbons (Fsp3) is 0.300. The number of carbonyl (C=O) groups is 1. The summed E-state index contributed by atoms with van der Waals surface area (Å²) in [7, 11) is 0. The van der Waals surface area contributed by atoms with Gasteiger partial charge in [-0.25, -0.2) is 4.98 Å². The second kappa shape index (κ2) is 5.78. The highest BCUT2D eigenvalue weighted by atomic mass is 16.2. The second-order valence-corrected chi connectivity index (χ2v) is 7.32. The summed E-state index contributed by atoms with van der Waals surface area (Å²) in [5.41, 5.74) is 4.51. The maximum absolute atomic E-state index is 12.5. The molecule has 0 atom stereocenters. The number of carbonyl (C=O) groups excluding carboxylic acids is 1. The topological polar surface area (TPSA) is 46.4 Å². The van der Waals surface area contributed by atoms with Crippen molar-refractivity contribution in [2.75, 3.05) is 5.32 Å². The summed E-state index contributed by atoms with van der Waals surface area (Å²) in [5, 5.41) is 3.07. The van der Waals surface area contributed by atoms with Crippen LogP contribution in [0.3, 0.4) is 0 Å². The van der Waals surface area contributed by atoms with Gasteiger partial charge in [0.15, 0.2) is 0 Å². The van der Waals surface area contributed by atoms with Gasteiger partial charge < -0.3 is 5.32 Å². The fourth-order valence-corrected chi connectivity index (χ4v) is 2.72. The second-order valence-electron chi connectivity index (χ2n) is 7.32. The number of aryl methyl sites for hydroxylation is 2. The van der Waals surface area contributed by atoms with Gasteiger partial charge in [0.25, 0.3) is 0 Å². The molecule has 1 N–H and O–H groups in total. The lowest BCUT2D eigenvalue weighted by Crippen LogP contribution is -2.28. The Kier molecular flexibility index (Phi) is 3.91. The predicted octanol–water partition coefficient (Wildman–Crippen LogP) is 4.60. The van der Waals surface area contributed by atoms with E-state index in [4.69, 9.17) is 4.98 Å². The van der Waals surface area contributed by atoms with E-state index >= 15 is 0 Å². The number of hydrogen-bond donors (Lipinski definition) is 1. The minimum atomic E-state index is -0.473. The Balaban J connectivity index is 2.20. The molecule has 124 valence electrons. The van der Waals surface area contributed by atoms with Crippen molar-refractivity contribution >= 4 is 17.4 Å². The zero-order chi connectivity index (χ0) is 17.5. The van der Waals surface area contributed by atoms with Gasteiger partial charge in [0, 0.05) is 17.2 Å². The molecule has 0 spiro atoms. The number of fused-ring (bicyclic) bond motifs is 1. The number of pyridine rings is 1. The minimum Gasteiger partial charge on any atom is -0.309 e. The molecule has 0 aliphatic heterocycles. The van der Waals surface area contributed by atoms with Crippen molar-refractivity contribution in [2.24, 2.45) is 5.41 Å². The third-order valence-electron chi connectivity index (χ3n) is 3.94. The van der Waals surface area contributed by atoms with E-state index in [1.54, 1.807) is 0 Å². The van der Waals surface area contributed by atoms with Gasteiger partial charge in [0.05, 0.1) is 0 Å². The molecule has 0 fully saturated rings. The molecule has 2 heterocycles. The highest BCUT2D eigenvalue weighted by Crippen LogP contribution is 2.31. The van der Waals surface area contributed by atoms with Crippen molar-refractivity contribution in [1.82, 2.24) is 9.38 Å². The Morgan fingerprint density at radius 2 is 1.75 bits per heavy atom. The van der Waals surface area contributed by atoms with Crippen LogP contribution in [0, 0.1) is 19.3 Å². The van der Waals surface area contributed by atoms with Gasteiger partial charge in [-0.05, 0) is 38.1 Å². The van der Waals surface area contributed by atoms with E-state index in [2.05, 4.69) is 37.4 Å². The van der Waals surface area contributed by atoms with Crippen LogP contribution in [-0.2, 0) is 4.79 Å². The number of rotatable bonds is 2. The monoisotopic (exact) mass is 321 g/mol. The van der Waals surface area contributed by atoms with Crippen LogP contribution in [0.15, 0.2) is 42.6 Å². The zero-order valence-corrected chi connectivity index (χ0v) is 14.8. The quantitative estimate of drug-likeness (QED) is 0.749. The zero-order valence-electron chi connectivity index (χ0n) is 14.8. The molecule has 0 radical (unpaired) electrons. The highest BCUT2D eigenvalue weighted by molar-refractivity contribution is 5.97. The normalized spacial score (nSPS) is 11.7. The maximum Gasteiger partial charge on any atom is 0.230 e. The Morgan fingerprint density at radius 3 is 2.38 bits per heavy atom. The van der Waals surface area contributed by atoms with Crippen molar-refractivity contribution in [3.05, 3.63) is 53.7 Å². The first kappa shape index (κ1) is 16.2. The van der Waals surface area contributed by atoms with Gasteiger partial charge in [-0.15, -0.1) is 0 Å². The molecule has 0 saturated carbocycles. The molecule has 0 aliphatic rings. The standard InChI is InChI=1S/C20H23N3O/c1-13-10-14(2)12-15(11-13)17-18(22-19(24)20(3,4)5)23-9-7-6-8-16(23)21-17/h6-12H,1-5H3,(H,22,24). The molecule has 3 rings (SSSR count). The van der Waals surface area contributed by atoms with E-state index in [0.29, 0.717) is 0 Å². The number of aromatic nitrogens is 2. The number of nitrogens with zero attached hydrogens (tertiary/aromatic N) is 2. The summed E-state index contributed by atoms with van der Waals surface area (Å²) in [6, 6.07) is 12.2. The first-order valence-corrected chi connectivity index (χ1v) is 8.13. The van der Waals surface area contributed by atoms with E-state index in [1.807, 2.05) is 49.6 Å². The van der Waals surface area contributed by atoms with E-state index in [1.165, 1.54) is 11.1 Å². The lowest BCUT2D eigenvalue weighted by molar-refractivity contribution is -0.123. The van der Waals surface area contributed by atoms with Crippen molar-refractivity contribution in [2.45, 2.75) is 34.6 Å². The van der Waals surface area contributed by atoms with Crippen molar-refractivity contribution in [3.8, 4) is 11.3 Å². The maximum atomic E-state index is 12.5. The van der Waals surface area contributed by atoms with Crippen molar-refractivity contribution in [1.29, 1.82) is 0 Å². The van der Waals surface area contributed by atoms with Crippen LogP contribution in [0.25, 0.3) is 16.9 Å². The third kappa shape index (κ3) is 3.04. The Morgan fingerprint density at radius 1 is 1.08 bits per heavy atom. The van der Waals surface area contributed by atoms with Crippen LogP contribution in [0.1, 0.15) is 31.9 Å². The number of hydrogen-bond acceptors (Lipinski definition) is 2. The number of amides is 1. The predicted molar refractivity (Wildman–Crippen MR) is 98.2 cm³/mol. The van der Waals surface area contributed by atoms with E-state index in [-0.39, 0.29) is 5.91 Å². The van der Waals surface area contributed by atoms with Crippen molar-refractivity contribution in [3.63, 3.8) is 0 Å². The molecule has 0 aliphatic carbocycles. The molecule has 0 saturated heterocycles. The third-order valence-corrected chi connectivity index (χ3v) is 3.94. The van der Waals surface area contributed by atoms with Gasteiger partial charge in [0.2, 0.25) is 5.91 Å². The largest absolute Gasteiger partial charge is 0.309 e. The van der Waals surface area contributed by atoms with E-state index < -0.39 is 5.41 Å². The molecule has 1 amide bonds. The Bertz CT molecular complexity index is 896. The van der Waals surface area contributed by atoms with E-state index in [0.717, 1.165) is 22.7 Å². The van der Waals surface area contributed by atoms with Crippen LogP contribution < -0.4 is 5.32 Å². The Labute approximate surface area is 142 Å². The van der Waals surface area contributed by atoms with Gasteiger partial charge in [-0.2, -0.15) is 0 Å². The molecule has 0 bridgehead atoms. The average Bonchev–Trinajstić information content (AvgIpc) is 2.84. The molecule has 4 heteroatoms. The molecule has 0 unspecified atom stereocenters. The summed E-state index contributed by atoms with van der Waals surface area (Å²) in [4.78, 5) is 17.3. The molecule has 24 heavy (non-hydrogen) atoms. The molecular weight excluding hydrogens is 298 g/mol. The summed E-state index contributed by atoms with van der Waals surface area (Å²) in [6.07, 6.45) is 1.92. The lowest BCUT2D eigenvalue weighted by atomic mass is 9.95. The average molecular weight is 321 g/mol. The molecule has 2 aromatic heterocycles. The SMILES string of the molecule is Cc1cc(C)cc(-c2nc3ccccn3c2NC(=O)C(C)(C)C)c1. The Hall–Kier alpha value is -2.62. The number of anilines is 1. The van der Waals surface area contributed by atoms with Gasteiger partial charge in [-0.3, -0.25) is 9.20 Å². The molecule has 4 nitrogen and oxygen atoms in total. The fourth-order valence-electron chi connectivity index (χ4n) is 2.72. The van der Waals surface area contributed by atoms with Crippen LogP contribution in [-0.4, -0.2) is 15.3 Å². The number of imidazole rings is 1. The molecule has 1 aromatic carbocycles. The first-order chi connectivity index (χ1) is 11.3. The first-order valence-electron chi connectivity index (χ1n) is 8.13. The number of benzene rings is 1.